The van der Waals surface area contributed by atoms with Gasteiger partial charge >= 0.3 is 5.97 Å². The fourth-order valence-electron chi connectivity index (χ4n) is 4.23. The van der Waals surface area contributed by atoms with Crippen molar-refractivity contribution in [2.75, 3.05) is 13.2 Å². The number of nitrogens with one attached hydrogen (secondary N) is 1. The number of hydrogen-bond donors (Lipinski definition) is 3. The van der Waals surface area contributed by atoms with E-state index in [0.29, 0.717) is 17.9 Å². The lowest BCUT2D eigenvalue weighted by Crippen LogP contribution is -2.46. The number of benzene rings is 4. The van der Waals surface area contributed by atoms with Gasteiger partial charge in [0.05, 0.1) is 11.1 Å². The van der Waals surface area contributed by atoms with Crippen LogP contribution in [0.25, 0.3) is 11.1 Å². The van der Waals surface area contributed by atoms with Crippen molar-refractivity contribution in [3.8, 4) is 34.4 Å². The van der Waals surface area contributed by atoms with Gasteiger partial charge in [0.25, 0.3) is 0 Å². The van der Waals surface area contributed by atoms with Crippen molar-refractivity contribution in [3.05, 3.63) is 114 Å². The van der Waals surface area contributed by atoms with E-state index in [-0.39, 0.29) is 17.7 Å². The maximum absolute atomic E-state index is 11.1. The van der Waals surface area contributed by atoms with E-state index >= 15 is 0 Å². The Balaban J connectivity index is 1.30. The molecule has 0 fully saturated rings. The van der Waals surface area contributed by atoms with Gasteiger partial charge in [0, 0.05) is 12.1 Å². The second-order valence-electron chi connectivity index (χ2n) is 10.2. The summed E-state index contributed by atoms with van der Waals surface area (Å²) in [4.78, 5) is 11.1. The topological polar surface area (TPSA) is 112 Å². The number of nitrogens with zero attached hydrogens (tertiary/aromatic N) is 1. The van der Waals surface area contributed by atoms with Crippen molar-refractivity contribution < 1.29 is 24.5 Å². The maximum atomic E-state index is 11.1. The number of aromatic carboxylic acids is 1. The van der Waals surface area contributed by atoms with E-state index in [0.717, 1.165) is 34.6 Å². The zero-order chi connectivity index (χ0) is 28.5. The molecule has 0 aliphatic carbocycles. The van der Waals surface area contributed by atoms with Crippen LogP contribution in [0.5, 0.6) is 17.2 Å². The average Bonchev–Trinajstić information content (AvgIpc) is 2.96. The Morgan fingerprint density at radius 1 is 0.925 bits per heavy atom. The van der Waals surface area contributed by atoms with Gasteiger partial charge in [0.1, 0.15) is 36.0 Å². The minimum atomic E-state index is -0.993. The van der Waals surface area contributed by atoms with Crippen LogP contribution in [0.4, 0.5) is 0 Å². The minimum absolute atomic E-state index is 0.00465. The largest absolute Gasteiger partial charge is 0.489 e. The van der Waals surface area contributed by atoms with E-state index in [1.807, 2.05) is 54.6 Å². The first-order valence-electron chi connectivity index (χ1n) is 13.0. The molecule has 0 spiro atoms. The molecule has 0 heterocycles. The summed E-state index contributed by atoms with van der Waals surface area (Å²) in [5.74, 6) is 0.925. The average molecular weight is 537 g/mol. The summed E-state index contributed by atoms with van der Waals surface area (Å²) in [6.45, 7) is 4.45. The smallest absolute Gasteiger partial charge is 0.335 e. The summed E-state index contributed by atoms with van der Waals surface area (Å²) >= 11 is 0. The van der Waals surface area contributed by atoms with E-state index in [2.05, 4.69) is 25.2 Å². The Morgan fingerprint density at radius 3 is 2.23 bits per heavy atom. The van der Waals surface area contributed by atoms with Crippen molar-refractivity contribution in [1.82, 2.24) is 5.32 Å². The lowest BCUT2D eigenvalue weighted by molar-refractivity contribution is 0.0697. The number of β-amino-alcohol motifs (C(OH)–C–C–N with tert-alkyl or cyclic N) is 1. The van der Waals surface area contributed by atoms with Crippen LogP contribution in [-0.2, 0) is 6.42 Å². The normalized spacial score (nSPS) is 11.8. The Morgan fingerprint density at radius 2 is 1.57 bits per heavy atom. The Kier molecular flexibility index (Phi) is 9.18. The monoisotopic (exact) mass is 536 g/mol. The molecule has 7 nitrogen and oxygen atoms in total. The molecular formula is C33H32N2O5. The number of carboxylic acid groups (broad SMARTS) is 1. The zero-order valence-electron chi connectivity index (χ0n) is 22.5. The molecule has 0 saturated carbocycles. The van der Waals surface area contributed by atoms with Gasteiger partial charge in [-0.3, -0.25) is 0 Å². The van der Waals surface area contributed by atoms with Crippen LogP contribution in [0, 0.1) is 11.3 Å². The third-order valence-electron chi connectivity index (χ3n) is 6.36. The molecule has 3 N–H and O–H groups in total. The van der Waals surface area contributed by atoms with Crippen molar-refractivity contribution in [3.63, 3.8) is 0 Å². The first kappa shape index (κ1) is 28.4. The van der Waals surface area contributed by atoms with Gasteiger partial charge < -0.3 is 25.0 Å². The standard InChI is InChI=1S/C33H32N2O5/c1-33(2,19-23-8-16-30(17-9-23)40-29-6-4-3-5-7-29)35-21-28(36)22-39-31-18-26(14-15-27(31)20-34)24-10-12-25(13-11-24)32(37)38/h3-18,28,35-36H,19,21-22H2,1-2H3,(H,37,38)/t28-/m1/s1. The third kappa shape index (κ3) is 7.93. The van der Waals surface area contributed by atoms with Crippen molar-refractivity contribution in [2.24, 2.45) is 0 Å². The minimum Gasteiger partial charge on any atom is -0.489 e. The molecule has 0 amide bonds. The summed E-state index contributed by atoms with van der Waals surface area (Å²) < 4.78 is 11.7. The highest BCUT2D eigenvalue weighted by atomic mass is 16.5. The van der Waals surface area contributed by atoms with Crippen LogP contribution in [0.2, 0.25) is 0 Å². The summed E-state index contributed by atoms with van der Waals surface area (Å²) in [6, 6.07) is 31.3. The second kappa shape index (κ2) is 12.9. The highest BCUT2D eigenvalue weighted by molar-refractivity contribution is 5.88. The molecule has 0 bridgehead atoms. The number of aliphatic hydroxyl groups is 1. The van der Waals surface area contributed by atoms with Gasteiger partial charge in [-0.05, 0) is 85.5 Å². The number of rotatable bonds is 12. The van der Waals surface area contributed by atoms with Gasteiger partial charge in [-0.1, -0.05) is 48.5 Å². The third-order valence-corrected chi connectivity index (χ3v) is 6.36. The van der Waals surface area contributed by atoms with Gasteiger partial charge in [0.2, 0.25) is 0 Å². The van der Waals surface area contributed by atoms with Crippen LogP contribution in [0.15, 0.2) is 97.1 Å². The highest BCUT2D eigenvalue weighted by Crippen LogP contribution is 2.28. The molecule has 0 unspecified atom stereocenters. The van der Waals surface area contributed by atoms with E-state index in [4.69, 9.17) is 14.6 Å². The lowest BCUT2D eigenvalue weighted by atomic mass is 9.94. The summed E-state index contributed by atoms with van der Waals surface area (Å²) in [5, 5.41) is 32.6. The Bertz CT molecular complexity index is 1460. The number of ether oxygens (including phenoxy) is 2. The SMILES string of the molecule is CC(C)(Cc1ccc(Oc2ccccc2)cc1)NC[C@@H](O)COc1cc(-c2ccc(C(=O)O)cc2)ccc1C#N. The van der Waals surface area contributed by atoms with Crippen LogP contribution in [0.3, 0.4) is 0 Å². The predicted octanol–water partition coefficient (Wildman–Crippen LogP) is 6.07. The van der Waals surface area contributed by atoms with E-state index < -0.39 is 12.1 Å². The first-order valence-corrected chi connectivity index (χ1v) is 13.0. The van der Waals surface area contributed by atoms with E-state index in [9.17, 15) is 15.2 Å². The quantitative estimate of drug-likeness (QED) is 0.202. The molecular weight excluding hydrogens is 504 g/mol. The number of carboxylic acids is 1. The van der Waals surface area contributed by atoms with Gasteiger partial charge in [-0.2, -0.15) is 5.26 Å². The van der Waals surface area contributed by atoms with Gasteiger partial charge in [-0.25, -0.2) is 4.79 Å². The molecule has 0 radical (unpaired) electrons. The molecule has 7 heteroatoms. The van der Waals surface area contributed by atoms with E-state index in [1.165, 1.54) is 12.1 Å². The molecule has 204 valence electrons. The summed E-state index contributed by atoms with van der Waals surface area (Å²) in [7, 11) is 0. The van der Waals surface area contributed by atoms with Crippen LogP contribution in [0.1, 0.15) is 35.3 Å². The Hall–Kier alpha value is -4.64. The number of aliphatic hydroxyl groups excluding tert-OH is 1. The molecule has 40 heavy (non-hydrogen) atoms. The summed E-state index contributed by atoms with van der Waals surface area (Å²) in [5.41, 5.74) is 2.97. The zero-order valence-corrected chi connectivity index (χ0v) is 22.5. The van der Waals surface area contributed by atoms with Crippen molar-refractivity contribution >= 4 is 5.97 Å². The lowest BCUT2D eigenvalue weighted by Gasteiger charge is -2.28. The van der Waals surface area contributed by atoms with Gasteiger partial charge in [0.15, 0.2) is 0 Å². The molecule has 0 aliphatic heterocycles. The summed E-state index contributed by atoms with van der Waals surface area (Å²) in [6.07, 6.45) is -0.0565. The van der Waals surface area contributed by atoms with Crippen molar-refractivity contribution in [2.45, 2.75) is 31.9 Å². The van der Waals surface area contributed by atoms with Crippen LogP contribution < -0.4 is 14.8 Å². The maximum Gasteiger partial charge on any atom is 0.335 e. The van der Waals surface area contributed by atoms with Crippen molar-refractivity contribution in [1.29, 1.82) is 5.26 Å². The molecule has 1 atom stereocenters. The number of carbonyl (C=O) groups is 1. The highest BCUT2D eigenvalue weighted by Gasteiger charge is 2.20. The molecule has 4 aromatic rings. The second-order valence-corrected chi connectivity index (χ2v) is 10.2. The van der Waals surface area contributed by atoms with Gasteiger partial charge in [-0.15, -0.1) is 0 Å². The van der Waals surface area contributed by atoms with Crippen LogP contribution in [-0.4, -0.2) is 41.0 Å². The molecule has 4 aromatic carbocycles. The fourth-order valence-corrected chi connectivity index (χ4v) is 4.23. The first-order chi connectivity index (χ1) is 19.2. The molecule has 4 rings (SSSR count). The molecule has 0 aromatic heterocycles. The predicted molar refractivity (Wildman–Crippen MR) is 154 cm³/mol. The van der Waals surface area contributed by atoms with E-state index in [1.54, 1.807) is 30.3 Å². The number of nitriles is 1. The molecule has 0 saturated heterocycles. The number of hydrogen-bond acceptors (Lipinski definition) is 6. The molecule has 0 aliphatic rings. The Labute approximate surface area is 234 Å². The number of para-hydroxylation sites is 1. The van der Waals surface area contributed by atoms with Crippen LogP contribution >= 0.6 is 0 Å². The fraction of sp³-hybridized carbons (Fsp3) is 0.212.